The fourth-order valence-electron chi connectivity index (χ4n) is 2.15. The Labute approximate surface area is 133 Å². The first-order valence-electron chi connectivity index (χ1n) is 7.03. The molecular weight excluding hydrogens is 298 g/mol. The summed E-state index contributed by atoms with van der Waals surface area (Å²) in [6, 6.07) is -0.273. The van der Waals surface area contributed by atoms with Gasteiger partial charge in [-0.2, -0.15) is 5.10 Å². The molecule has 0 spiro atoms. The molecule has 0 aliphatic carbocycles. The number of carbonyl (C=O) groups excluding carboxylic acids is 1. The first-order valence-corrected chi connectivity index (χ1v) is 7.03. The lowest BCUT2D eigenvalue weighted by Crippen LogP contribution is -2.37. The van der Waals surface area contributed by atoms with E-state index in [0.29, 0.717) is 0 Å². The zero-order chi connectivity index (χ0) is 17.2. The number of hydrogen-bond acceptors (Lipinski definition) is 5. The summed E-state index contributed by atoms with van der Waals surface area (Å²) < 4.78 is 1.67. The van der Waals surface area contributed by atoms with E-state index in [0.717, 1.165) is 18.0 Å². The van der Waals surface area contributed by atoms with Gasteiger partial charge in [0.05, 0.1) is 24.6 Å². The number of carbonyl (C=O) groups is 2. The number of aryl methyl sites for hydroxylation is 1. The molecule has 0 fully saturated rings. The molecule has 2 heterocycles. The van der Waals surface area contributed by atoms with E-state index in [1.54, 1.807) is 17.9 Å². The van der Waals surface area contributed by atoms with E-state index in [-0.39, 0.29) is 22.8 Å². The normalized spacial score (nSPS) is 12.7. The quantitative estimate of drug-likeness (QED) is 0.882. The number of hydrogen-bond donors (Lipinski definition) is 2. The van der Waals surface area contributed by atoms with Crippen molar-refractivity contribution in [2.75, 3.05) is 0 Å². The summed E-state index contributed by atoms with van der Waals surface area (Å²) in [5, 5.41) is 15.8. The van der Waals surface area contributed by atoms with Gasteiger partial charge in [0, 0.05) is 18.8 Å². The van der Waals surface area contributed by atoms with Gasteiger partial charge in [0.15, 0.2) is 5.69 Å². The van der Waals surface area contributed by atoms with Gasteiger partial charge < -0.3 is 10.4 Å². The average molecular weight is 317 g/mol. The molecule has 2 aromatic rings. The van der Waals surface area contributed by atoms with Gasteiger partial charge in [-0.3, -0.25) is 9.48 Å². The molecule has 0 aliphatic heterocycles. The van der Waals surface area contributed by atoms with Crippen LogP contribution in [-0.2, 0) is 7.05 Å². The highest BCUT2D eigenvalue weighted by atomic mass is 16.4. The highest BCUT2D eigenvalue weighted by Gasteiger charge is 2.29. The molecule has 8 nitrogen and oxygen atoms in total. The molecule has 0 saturated carbocycles. The second kappa shape index (κ2) is 6.15. The van der Waals surface area contributed by atoms with Crippen molar-refractivity contribution in [1.29, 1.82) is 0 Å². The average Bonchev–Trinajstić information content (AvgIpc) is 2.89. The zero-order valence-corrected chi connectivity index (χ0v) is 13.4. The Balaban J connectivity index is 2.22. The van der Waals surface area contributed by atoms with Gasteiger partial charge in [0.25, 0.3) is 5.91 Å². The molecule has 1 amide bonds. The van der Waals surface area contributed by atoms with E-state index in [9.17, 15) is 9.59 Å². The molecule has 0 aromatic carbocycles. The Bertz CT molecular complexity index is 715. The molecule has 8 heteroatoms. The standard InChI is InChI=1S/C15H19N5O3/c1-15(2,3)12(9-5-18-20(4)8-9)19-13(21)10-6-17-11(7-16-10)14(22)23/h5-8,12H,1-4H3,(H,19,21)(H,22,23). The Kier molecular flexibility index (Phi) is 4.44. The van der Waals surface area contributed by atoms with Crippen LogP contribution in [0.15, 0.2) is 24.8 Å². The molecule has 0 saturated heterocycles. The molecule has 0 aliphatic rings. The minimum atomic E-state index is -1.19. The van der Waals surface area contributed by atoms with Gasteiger partial charge in [0.1, 0.15) is 5.69 Å². The Hall–Kier alpha value is -2.77. The maximum Gasteiger partial charge on any atom is 0.356 e. The third-order valence-corrected chi connectivity index (χ3v) is 3.30. The zero-order valence-electron chi connectivity index (χ0n) is 13.4. The molecule has 23 heavy (non-hydrogen) atoms. The van der Waals surface area contributed by atoms with Gasteiger partial charge in [0.2, 0.25) is 0 Å². The van der Waals surface area contributed by atoms with Crippen LogP contribution in [0.2, 0.25) is 0 Å². The first kappa shape index (κ1) is 16.6. The van der Waals surface area contributed by atoms with Crippen LogP contribution >= 0.6 is 0 Å². The highest BCUT2D eigenvalue weighted by Crippen LogP contribution is 2.32. The number of carboxylic acids is 1. The maximum absolute atomic E-state index is 12.4. The Morgan fingerprint density at radius 2 is 1.78 bits per heavy atom. The first-order chi connectivity index (χ1) is 10.7. The molecule has 0 radical (unpaired) electrons. The van der Waals surface area contributed by atoms with E-state index >= 15 is 0 Å². The summed E-state index contributed by atoms with van der Waals surface area (Å²) in [7, 11) is 1.81. The van der Waals surface area contributed by atoms with E-state index < -0.39 is 11.9 Å². The minimum absolute atomic E-state index is 0.0631. The van der Waals surface area contributed by atoms with Crippen molar-refractivity contribution in [2.24, 2.45) is 12.5 Å². The number of carboxylic acid groups (broad SMARTS) is 1. The van der Waals surface area contributed by atoms with E-state index in [2.05, 4.69) is 20.4 Å². The third kappa shape index (κ3) is 3.91. The van der Waals surface area contributed by atoms with Crippen LogP contribution in [0.5, 0.6) is 0 Å². The smallest absolute Gasteiger partial charge is 0.356 e. The van der Waals surface area contributed by atoms with Crippen LogP contribution in [-0.4, -0.2) is 36.7 Å². The molecule has 2 rings (SSSR count). The van der Waals surface area contributed by atoms with Crippen LogP contribution < -0.4 is 5.32 Å². The Morgan fingerprint density at radius 1 is 1.17 bits per heavy atom. The van der Waals surface area contributed by atoms with Crippen molar-refractivity contribution in [3.63, 3.8) is 0 Å². The van der Waals surface area contributed by atoms with Crippen molar-refractivity contribution in [3.05, 3.63) is 41.7 Å². The number of aromatic carboxylic acids is 1. The molecular formula is C15H19N5O3. The van der Waals surface area contributed by atoms with E-state index in [1.807, 2.05) is 27.0 Å². The van der Waals surface area contributed by atoms with Crippen molar-refractivity contribution in [3.8, 4) is 0 Å². The number of amides is 1. The van der Waals surface area contributed by atoms with Gasteiger partial charge in [-0.25, -0.2) is 14.8 Å². The molecule has 1 atom stereocenters. The van der Waals surface area contributed by atoms with Crippen LogP contribution in [0.4, 0.5) is 0 Å². The summed E-state index contributed by atoms with van der Waals surface area (Å²) in [6.45, 7) is 6.01. The van der Waals surface area contributed by atoms with Crippen LogP contribution in [0.1, 0.15) is 53.4 Å². The van der Waals surface area contributed by atoms with Gasteiger partial charge in [-0.1, -0.05) is 20.8 Å². The summed E-state index contributed by atoms with van der Waals surface area (Å²) in [6.07, 6.45) is 5.76. The molecule has 1 unspecified atom stereocenters. The maximum atomic E-state index is 12.4. The fraction of sp³-hybridized carbons (Fsp3) is 0.400. The second-order valence-electron chi connectivity index (χ2n) is 6.31. The number of aromatic nitrogens is 4. The summed E-state index contributed by atoms with van der Waals surface area (Å²) >= 11 is 0. The summed E-state index contributed by atoms with van der Waals surface area (Å²) in [4.78, 5) is 30.7. The lowest BCUT2D eigenvalue weighted by atomic mass is 9.83. The molecule has 122 valence electrons. The highest BCUT2D eigenvalue weighted by molar-refractivity contribution is 5.93. The monoisotopic (exact) mass is 317 g/mol. The predicted octanol–water partition coefficient (Wildman–Crippen LogP) is 1.43. The van der Waals surface area contributed by atoms with Crippen LogP contribution in [0.3, 0.4) is 0 Å². The van der Waals surface area contributed by atoms with Crippen molar-refractivity contribution in [2.45, 2.75) is 26.8 Å². The van der Waals surface area contributed by atoms with Crippen LogP contribution in [0, 0.1) is 5.41 Å². The van der Waals surface area contributed by atoms with E-state index in [4.69, 9.17) is 5.11 Å². The third-order valence-electron chi connectivity index (χ3n) is 3.30. The molecule has 2 aromatic heterocycles. The van der Waals surface area contributed by atoms with Crippen molar-refractivity contribution in [1.82, 2.24) is 25.1 Å². The fourth-order valence-corrected chi connectivity index (χ4v) is 2.15. The number of rotatable bonds is 4. The van der Waals surface area contributed by atoms with Crippen molar-refractivity contribution >= 4 is 11.9 Å². The molecule has 2 N–H and O–H groups in total. The van der Waals surface area contributed by atoms with Gasteiger partial charge in [-0.15, -0.1) is 0 Å². The second-order valence-corrected chi connectivity index (χ2v) is 6.31. The summed E-state index contributed by atoms with van der Waals surface area (Å²) in [5.41, 5.74) is 0.491. The largest absolute Gasteiger partial charge is 0.476 e. The lowest BCUT2D eigenvalue weighted by molar-refractivity contribution is 0.0688. The van der Waals surface area contributed by atoms with Crippen molar-refractivity contribution < 1.29 is 14.7 Å². The predicted molar refractivity (Wildman–Crippen MR) is 81.9 cm³/mol. The minimum Gasteiger partial charge on any atom is -0.476 e. The lowest BCUT2D eigenvalue weighted by Gasteiger charge is -2.30. The van der Waals surface area contributed by atoms with Gasteiger partial charge in [-0.05, 0) is 5.41 Å². The topological polar surface area (TPSA) is 110 Å². The van der Waals surface area contributed by atoms with E-state index in [1.165, 1.54) is 0 Å². The molecule has 0 bridgehead atoms. The summed E-state index contributed by atoms with van der Waals surface area (Å²) in [5.74, 6) is -1.61. The number of nitrogens with one attached hydrogen (secondary N) is 1. The number of nitrogens with zero attached hydrogens (tertiary/aromatic N) is 4. The van der Waals surface area contributed by atoms with Gasteiger partial charge >= 0.3 is 5.97 Å². The SMILES string of the molecule is Cn1cc(C(NC(=O)c2cnc(C(=O)O)cn2)C(C)(C)C)cn1. The Morgan fingerprint density at radius 3 is 2.22 bits per heavy atom. The van der Waals surface area contributed by atoms with Crippen LogP contribution in [0.25, 0.3) is 0 Å².